The van der Waals surface area contributed by atoms with E-state index in [9.17, 15) is 9.59 Å². The topological polar surface area (TPSA) is 78.1 Å². The Bertz CT molecular complexity index is 581. The van der Waals surface area contributed by atoms with Crippen molar-refractivity contribution in [2.45, 2.75) is 38.6 Å². The molecule has 0 aromatic carbocycles. The first-order valence-corrected chi connectivity index (χ1v) is 7.22. The number of amides is 1. The highest BCUT2D eigenvalue weighted by atomic mass is 16.2. The molecule has 20 heavy (non-hydrogen) atoms. The van der Waals surface area contributed by atoms with Crippen LogP contribution >= 0.6 is 0 Å². The summed E-state index contributed by atoms with van der Waals surface area (Å²) in [5, 5.41) is 2.92. The van der Waals surface area contributed by atoms with E-state index in [1.165, 1.54) is 6.07 Å². The van der Waals surface area contributed by atoms with Gasteiger partial charge in [-0.05, 0) is 12.8 Å². The van der Waals surface area contributed by atoms with Crippen molar-refractivity contribution in [1.82, 2.24) is 15.3 Å². The summed E-state index contributed by atoms with van der Waals surface area (Å²) in [5.41, 5.74) is -0.127. The highest BCUT2D eigenvalue weighted by Crippen LogP contribution is 2.30. The summed E-state index contributed by atoms with van der Waals surface area (Å²) in [4.78, 5) is 33.1. The van der Waals surface area contributed by atoms with Crippen molar-refractivity contribution in [3.63, 3.8) is 0 Å². The van der Waals surface area contributed by atoms with E-state index in [0.29, 0.717) is 18.2 Å². The molecule has 2 fully saturated rings. The molecule has 2 aliphatic heterocycles. The van der Waals surface area contributed by atoms with Crippen LogP contribution < -0.4 is 15.8 Å². The molecular formula is C14H20N4O2. The van der Waals surface area contributed by atoms with Crippen molar-refractivity contribution in [1.29, 1.82) is 0 Å². The minimum Gasteiger partial charge on any atom is -0.354 e. The Balaban J connectivity index is 1.96. The number of hydrogen-bond donors (Lipinski definition) is 2. The number of rotatable bonds is 2. The van der Waals surface area contributed by atoms with E-state index in [1.807, 2.05) is 13.8 Å². The SMILES string of the molecule is CC(C)c1nc(N2CCCC3C(=O)NCC32)cc(=O)[nH]1. The van der Waals surface area contributed by atoms with Crippen molar-refractivity contribution in [3.8, 4) is 0 Å². The number of nitrogens with one attached hydrogen (secondary N) is 2. The van der Waals surface area contributed by atoms with Crippen LogP contribution in [0.3, 0.4) is 0 Å². The Kier molecular flexibility index (Phi) is 3.23. The maximum absolute atomic E-state index is 11.8. The zero-order chi connectivity index (χ0) is 14.3. The molecule has 2 aliphatic rings. The highest BCUT2D eigenvalue weighted by molar-refractivity contribution is 5.83. The van der Waals surface area contributed by atoms with Gasteiger partial charge in [-0.3, -0.25) is 9.59 Å². The number of nitrogens with zero attached hydrogens (tertiary/aromatic N) is 2. The second-order valence-corrected chi connectivity index (χ2v) is 5.90. The Hall–Kier alpha value is -1.85. The van der Waals surface area contributed by atoms with Crippen LogP contribution in [0.2, 0.25) is 0 Å². The molecule has 0 spiro atoms. The van der Waals surface area contributed by atoms with Gasteiger partial charge in [0.2, 0.25) is 5.91 Å². The largest absolute Gasteiger partial charge is 0.354 e. The molecule has 0 aliphatic carbocycles. The summed E-state index contributed by atoms with van der Waals surface area (Å²) in [7, 11) is 0. The van der Waals surface area contributed by atoms with Crippen molar-refractivity contribution in [2.75, 3.05) is 18.0 Å². The van der Waals surface area contributed by atoms with Crippen LogP contribution in [0.1, 0.15) is 38.4 Å². The minimum absolute atomic E-state index is 0.0346. The van der Waals surface area contributed by atoms with E-state index in [-0.39, 0.29) is 29.3 Å². The number of hydrogen-bond acceptors (Lipinski definition) is 4. The van der Waals surface area contributed by atoms with E-state index < -0.39 is 0 Å². The van der Waals surface area contributed by atoms with E-state index in [1.54, 1.807) is 0 Å². The van der Waals surface area contributed by atoms with Gasteiger partial charge in [-0.1, -0.05) is 13.8 Å². The van der Waals surface area contributed by atoms with E-state index in [4.69, 9.17) is 0 Å². The average Bonchev–Trinajstić information content (AvgIpc) is 2.80. The van der Waals surface area contributed by atoms with Gasteiger partial charge in [0, 0.05) is 25.1 Å². The number of H-pyrrole nitrogens is 1. The summed E-state index contributed by atoms with van der Waals surface area (Å²) in [6.07, 6.45) is 1.88. The van der Waals surface area contributed by atoms with E-state index in [0.717, 1.165) is 19.4 Å². The third-order valence-electron chi connectivity index (χ3n) is 4.19. The quantitative estimate of drug-likeness (QED) is 0.829. The lowest BCUT2D eigenvalue weighted by atomic mass is 9.91. The summed E-state index contributed by atoms with van der Waals surface area (Å²) in [5.74, 6) is 1.74. The van der Waals surface area contributed by atoms with Crippen LogP contribution in [0.15, 0.2) is 10.9 Å². The monoisotopic (exact) mass is 276 g/mol. The number of carbonyl (C=O) groups excluding carboxylic acids is 1. The third-order valence-corrected chi connectivity index (χ3v) is 4.19. The first kappa shape index (κ1) is 13.1. The number of anilines is 1. The van der Waals surface area contributed by atoms with Crippen molar-refractivity contribution < 1.29 is 4.79 Å². The molecule has 2 N–H and O–H groups in total. The van der Waals surface area contributed by atoms with E-state index in [2.05, 4.69) is 20.2 Å². The fourth-order valence-corrected chi connectivity index (χ4v) is 3.12. The van der Waals surface area contributed by atoms with Crippen LogP contribution in [0.5, 0.6) is 0 Å². The van der Waals surface area contributed by atoms with Crippen LogP contribution in [0, 0.1) is 5.92 Å². The Morgan fingerprint density at radius 3 is 2.95 bits per heavy atom. The predicted molar refractivity (Wildman–Crippen MR) is 75.8 cm³/mol. The fraction of sp³-hybridized carbons (Fsp3) is 0.643. The second kappa shape index (κ2) is 4.92. The van der Waals surface area contributed by atoms with Crippen molar-refractivity contribution in [3.05, 3.63) is 22.2 Å². The van der Waals surface area contributed by atoms with Crippen molar-refractivity contribution >= 4 is 11.7 Å². The lowest BCUT2D eigenvalue weighted by Crippen LogP contribution is -2.46. The van der Waals surface area contributed by atoms with Crippen molar-refractivity contribution in [2.24, 2.45) is 5.92 Å². The predicted octanol–water partition coefficient (Wildman–Crippen LogP) is 0.608. The number of fused-ring (bicyclic) bond motifs is 1. The number of piperidine rings is 1. The lowest BCUT2D eigenvalue weighted by molar-refractivity contribution is -0.122. The van der Waals surface area contributed by atoms with Gasteiger partial charge in [0.15, 0.2) is 0 Å². The van der Waals surface area contributed by atoms with Gasteiger partial charge in [-0.25, -0.2) is 4.98 Å². The highest BCUT2D eigenvalue weighted by Gasteiger charge is 2.41. The van der Waals surface area contributed by atoms with Gasteiger partial charge >= 0.3 is 0 Å². The zero-order valence-electron chi connectivity index (χ0n) is 11.8. The minimum atomic E-state index is -0.127. The number of carbonyl (C=O) groups is 1. The number of aromatic nitrogens is 2. The normalized spacial score (nSPS) is 25.8. The fourth-order valence-electron chi connectivity index (χ4n) is 3.12. The second-order valence-electron chi connectivity index (χ2n) is 5.90. The molecule has 0 bridgehead atoms. The summed E-state index contributed by atoms with van der Waals surface area (Å²) >= 11 is 0. The zero-order valence-corrected chi connectivity index (χ0v) is 11.8. The molecule has 6 nitrogen and oxygen atoms in total. The van der Waals surface area contributed by atoms with Crippen LogP contribution in [-0.4, -0.2) is 35.0 Å². The molecule has 0 radical (unpaired) electrons. The van der Waals surface area contributed by atoms with Gasteiger partial charge in [0.25, 0.3) is 5.56 Å². The van der Waals surface area contributed by atoms with Gasteiger partial charge in [0.05, 0.1) is 12.0 Å². The number of aromatic amines is 1. The molecule has 1 aromatic heterocycles. The molecule has 3 heterocycles. The third kappa shape index (κ3) is 2.19. The first-order valence-electron chi connectivity index (χ1n) is 7.22. The standard InChI is InChI=1S/C14H20N4O2/c1-8(2)13-16-11(6-12(19)17-13)18-5-3-4-9-10(18)7-15-14(9)20/h6,8-10H,3-5,7H2,1-2H3,(H,15,20)(H,16,17,19). The molecule has 1 aromatic rings. The molecule has 3 rings (SSSR count). The van der Waals surface area contributed by atoms with Crippen LogP contribution in [-0.2, 0) is 4.79 Å². The van der Waals surface area contributed by atoms with Crippen LogP contribution in [0.4, 0.5) is 5.82 Å². The molecule has 2 unspecified atom stereocenters. The summed E-state index contributed by atoms with van der Waals surface area (Å²) in [6, 6.07) is 1.67. The van der Waals surface area contributed by atoms with Gasteiger partial charge in [-0.2, -0.15) is 0 Å². The molecule has 6 heteroatoms. The Morgan fingerprint density at radius 2 is 2.20 bits per heavy atom. The molecular weight excluding hydrogens is 256 g/mol. The first-order chi connectivity index (χ1) is 9.56. The van der Waals surface area contributed by atoms with Crippen LogP contribution in [0.25, 0.3) is 0 Å². The summed E-state index contributed by atoms with van der Waals surface area (Å²) in [6.45, 7) is 5.50. The molecule has 1 amide bonds. The Labute approximate surface area is 117 Å². The summed E-state index contributed by atoms with van der Waals surface area (Å²) < 4.78 is 0. The molecule has 2 atom stereocenters. The molecule has 108 valence electrons. The van der Waals surface area contributed by atoms with Gasteiger partial charge in [-0.15, -0.1) is 0 Å². The Morgan fingerprint density at radius 1 is 1.40 bits per heavy atom. The van der Waals surface area contributed by atoms with E-state index >= 15 is 0 Å². The lowest BCUT2D eigenvalue weighted by Gasteiger charge is -2.36. The molecule has 2 saturated heterocycles. The maximum Gasteiger partial charge on any atom is 0.252 e. The molecule has 0 saturated carbocycles. The van der Waals surface area contributed by atoms with Gasteiger partial charge in [0.1, 0.15) is 11.6 Å². The maximum atomic E-state index is 11.8. The smallest absolute Gasteiger partial charge is 0.252 e. The van der Waals surface area contributed by atoms with Gasteiger partial charge < -0.3 is 15.2 Å². The average molecular weight is 276 g/mol.